The summed E-state index contributed by atoms with van der Waals surface area (Å²) in [5.41, 5.74) is 0. The molecule has 0 bridgehead atoms. The van der Waals surface area contributed by atoms with E-state index in [0.29, 0.717) is 17.0 Å². The summed E-state index contributed by atoms with van der Waals surface area (Å²) in [6.45, 7) is 9.87. The molecule has 0 radical (unpaired) electrons. The molecule has 1 heterocycles. The van der Waals surface area contributed by atoms with Gasteiger partial charge in [-0.1, -0.05) is 31.8 Å². The normalized spacial score (nSPS) is 13.9. The first kappa shape index (κ1) is 16.2. The van der Waals surface area contributed by atoms with Crippen molar-refractivity contribution in [3.8, 4) is 0 Å². The quantitative estimate of drug-likeness (QED) is 0.830. The lowest BCUT2D eigenvalue weighted by molar-refractivity contribution is -0.114. The molecule has 2 unspecified atom stereocenters. The van der Waals surface area contributed by atoms with Gasteiger partial charge >= 0.3 is 0 Å². The lowest BCUT2D eigenvalue weighted by Crippen LogP contribution is -2.04. The molecular weight excluding hydrogens is 278 g/mol. The number of hydrogen-bond donors (Lipinski definition) is 1. The van der Waals surface area contributed by atoms with E-state index in [1.807, 2.05) is 0 Å². The SMILES string of the molecule is C=C(CC(C)CC(C)c1nnc(NC(C)=O)s1)SC. The summed E-state index contributed by atoms with van der Waals surface area (Å²) >= 11 is 3.17. The molecule has 106 valence electrons. The Labute approximate surface area is 123 Å². The average Bonchev–Trinajstić information content (AvgIpc) is 2.76. The van der Waals surface area contributed by atoms with Crippen molar-refractivity contribution in [2.45, 2.75) is 39.5 Å². The lowest BCUT2D eigenvalue weighted by Gasteiger charge is -2.15. The van der Waals surface area contributed by atoms with Crippen molar-refractivity contribution in [1.82, 2.24) is 10.2 Å². The van der Waals surface area contributed by atoms with Gasteiger partial charge in [0, 0.05) is 12.8 Å². The number of carbonyl (C=O) groups excluding carboxylic acids is 1. The number of nitrogens with one attached hydrogen (secondary N) is 1. The second kappa shape index (κ2) is 7.65. The number of rotatable bonds is 7. The molecule has 19 heavy (non-hydrogen) atoms. The van der Waals surface area contributed by atoms with E-state index in [4.69, 9.17) is 0 Å². The van der Waals surface area contributed by atoms with Crippen LogP contribution in [0.1, 0.15) is 44.5 Å². The van der Waals surface area contributed by atoms with Crippen LogP contribution in [0.15, 0.2) is 11.5 Å². The molecule has 0 aromatic carbocycles. The van der Waals surface area contributed by atoms with Gasteiger partial charge in [-0.15, -0.1) is 22.0 Å². The van der Waals surface area contributed by atoms with Crippen LogP contribution in [0.25, 0.3) is 0 Å². The third kappa shape index (κ3) is 5.74. The van der Waals surface area contributed by atoms with Gasteiger partial charge in [-0.25, -0.2) is 0 Å². The summed E-state index contributed by atoms with van der Waals surface area (Å²) in [7, 11) is 0. The van der Waals surface area contributed by atoms with Crippen molar-refractivity contribution in [2.24, 2.45) is 5.92 Å². The summed E-state index contributed by atoms with van der Waals surface area (Å²) in [6, 6.07) is 0. The van der Waals surface area contributed by atoms with E-state index in [9.17, 15) is 4.79 Å². The number of carbonyl (C=O) groups is 1. The van der Waals surface area contributed by atoms with Gasteiger partial charge in [0.1, 0.15) is 5.01 Å². The number of hydrogen-bond acceptors (Lipinski definition) is 5. The predicted octanol–water partition coefficient (Wildman–Crippen LogP) is 3.89. The fourth-order valence-corrected chi connectivity index (χ4v) is 3.20. The van der Waals surface area contributed by atoms with Crippen LogP contribution in [0.2, 0.25) is 0 Å². The van der Waals surface area contributed by atoms with Crippen molar-refractivity contribution < 1.29 is 4.79 Å². The number of thioether (sulfide) groups is 1. The Hall–Kier alpha value is -0.880. The van der Waals surface area contributed by atoms with Crippen molar-refractivity contribution in [1.29, 1.82) is 0 Å². The van der Waals surface area contributed by atoms with E-state index in [0.717, 1.165) is 17.8 Å². The van der Waals surface area contributed by atoms with Crippen LogP contribution in [-0.4, -0.2) is 22.4 Å². The minimum atomic E-state index is -0.111. The standard InChI is InChI=1S/C13H21N3OS2/c1-8(7-10(3)18-5)6-9(2)12-15-16-13(19-12)14-11(4)17/h8-9H,3,6-7H2,1-2,4-5H3,(H,14,16,17). The van der Waals surface area contributed by atoms with Gasteiger partial charge in [0.15, 0.2) is 0 Å². The molecule has 2 atom stereocenters. The van der Waals surface area contributed by atoms with Crippen molar-refractivity contribution in [3.63, 3.8) is 0 Å². The molecule has 0 spiro atoms. The maximum Gasteiger partial charge on any atom is 0.223 e. The molecular formula is C13H21N3OS2. The number of amides is 1. The van der Waals surface area contributed by atoms with Gasteiger partial charge in [0.05, 0.1) is 0 Å². The molecule has 0 saturated carbocycles. The summed E-state index contributed by atoms with van der Waals surface area (Å²) < 4.78 is 0. The molecule has 1 rings (SSSR count). The van der Waals surface area contributed by atoms with Gasteiger partial charge in [-0.05, 0) is 29.9 Å². The minimum absolute atomic E-state index is 0.111. The summed E-state index contributed by atoms with van der Waals surface area (Å²) in [5, 5.41) is 12.3. The fourth-order valence-electron chi connectivity index (χ4n) is 1.89. The van der Waals surface area contributed by atoms with Crippen LogP contribution in [0.5, 0.6) is 0 Å². The summed E-state index contributed by atoms with van der Waals surface area (Å²) in [5.74, 6) is 0.813. The molecule has 0 aliphatic carbocycles. The monoisotopic (exact) mass is 299 g/mol. The first-order valence-corrected chi connectivity index (χ1v) is 8.29. The Morgan fingerprint density at radius 3 is 2.74 bits per heavy atom. The van der Waals surface area contributed by atoms with Crippen LogP contribution in [0.3, 0.4) is 0 Å². The van der Waals surface area contributed by atoms with Crippen molar-refractivity contribution in [2.75, 3.05) is 11.6 Å². The number of anilines is 1. The van der Waals surface area contributed by atoms with E-state index in [1.165, 1.54) is 23.2 Å². The molecule has 1 aromatic rings. The number of aromatic nitrogens is 2. The molecule has 0 saturated heterocycles. The molecule has 4 nitrogen and oxygen atoms in total. The van der Waals surface area contributed by atoms with Crippen molar-refractivity contribution >= 4 is 34.1 Å². The highest BCUT2D eigenvalue weighted by Gasteiger charge is 2.16. The topological polar surface area (TPSA) is 54.9 Å². The van der Waals surface area contributed by atoms with E-state index in [-0.39, 0.29) is 5.91 Å². The summed E-state index contributed by atoms with van der Waals surface area (Å²) in [4.78, 5) is 12.2. The maximum atomic E-state index is 10.9. The third-order valence-electron chi connectivity index (χ3n) is 2.77. The molecule has 1 aromatic heterocycles. The van der Waals surface area contributed by atoms with Crippen LogP contribution in [0.4, 0.5) is 5.13 Å². The van der Waals surface area contributed by atoms with E-state index >= 15 is 0 Å². The first-order valence-electron chi connectivity index (χ1n) is 6.25. The lowest BCUT2D eigenvalue weighted by atomic mass is 9.95. The molecule has 1 amide bonds. The first-order chi connectivity index (χ1) is 8.92. The van der Waals surface area contributed by atoms with Crippen molar-refractivity contribution in [3.05, 3.63) is 16.5 Å². The number of allylic oxidation sites excluding steroid dienone is 1. The van der Waals surface area contributed by atoms with Gasteiger partial charge in [-0.2, -0.15) is 0 Å². The Bertz CT molecular complexity index is 445. The molecule has 0 aliphatic heterocycles. The van der Waals surface area contributed by atoms with Crippen LogP contribution in [0, 0.1) is 5.92 Å². The molecule has 0 aliphatic rings. The molecule has 1 N–H and O–H groups in total. The van der Waals surface area contributed by atoms with Crippen LogP contribution < -0.4 is 5.32 Å². The second-order valence-corrected chi connectivity index (χ2v) is 6.81. The van der Waals surface area contributed by atoms with E-state index in [1.54, 1.807) is 11.8 Å². The Morgan fingerprint density at radius 2 is 2.16 bits per heavy atom. The Balaban J connectivity index is 2.53. The highest BCUT2D eigenvalue weighted by atomic mass is 32.2. The Morgan fingerprint density at radius 1 is 1.47 bits per heavy atom. The predicted molar refractivity (Wildman–Crippen MR) is 83.7 cm³/mol. The van der Waals surface area contributed by atoms with E-state index in [2.05, 4.69) is 42.2 Å². The molecule has 0 fully saturated rings. The van der Waals surface area contributed by atoms with Gasteiger partial charge in [-0.3, -0.25) is 4.79 Å². The minimum Gasteiger partial charge on any atom is -0.301 e. The second-order valence-electron chi connectivity index (χ2n) is 4.82. The fraction of sp³-hybridized carbons (Fsp3) is 0.615. The molecule has 6 heteroatoms. The average molecular weight is 299 g/mol. The smallest absolute Gasteiger partial charge is 0.223 e. The van der Waals surface area contributed by atoms with Gasteiger partial charge < -0.3 is 5.32 Å². The highest BCUT2D eigenvalue weighted by Crippen LogP contribution is 2.31. The van der Waals surface area contributed by atoms with Gasteiger partial charge in [0.25, 0.3) is 0 Å². The van der Waals surface area contributed by atoms with Crippen LogP contribution >= 0.6 is 23.1 Å². The zero-order valence-electron chi connectivity index (χ0n) is 11.9. The Kier molecular flexibility index (Phi) is 6.51. The number of nitrogens with zero attached hydrogens (tertiary/aromatic N) is 2. The highest BCUT2D eigenvalue weighted by molar-refractivity contribution is 8.02. The van der Waals surface area contributed by atoms with Crippen LogP contribution in [-0.2, 0) is 4.79 Å². The zero-order valence-corrected chi connectivity index (χ0v) is 13.5. The van der Waals surface area contributed by atoms with Gasteiger partial charge in [0.2, 0.25) is 11.0 Å². The zero-order chi connectivity index (χ0) is 14.4. The maximum absolute atomic E-state index is 10.9. The third-order valence-corrected chi connectivity index (χ3v) is 4.58. The van der Waals surface area contributed by atoms with E-state index < -0.39 is 0 Å². The largest absolute Gasteiger partial charge is 0.301 e. The summed E-state index contributed by atoms with van der Waals surface area (Å²) in [6.07, 6.45) is 4.14.